The highest BCUT2D eigenvalue weighted by atomic mass is 16.7. The average Bonchev–Trinajstić information content (AvgIpc) is 3.08. The van der Waals surface area contributed by atoms with Gasteiger partial charge in [-0.1, -0.05) is 149 Å². The molecule has 10 nitrogen and oxygen atoms in total. The molecular formula is C38H72O10. The maximum absolute atomic E-state index is 12.7. The van der Waals surface area contributed by atoms with Gasteiger partial charge in [-0.2, -0.15) is 0 Å². The van der Waals surface area contributed by atoms with Crippen LogP contribution >= 0.6 is 0 Å². The van der Waals surface area contributed by atoms with Crippen molar-refractivity contribution in [3.8, 4) is 0 Å². The molecule has 0 aromatic rings. The molecule has 4 N–H and O–H groups in total. The summed E-state index contributed by atoms with van der Waals surface area (Å²) in [5.41, 5.74) is 0. The fourth-order valence-corrected chi connectivity index (χ4v) is 6.07. The van der Waals surface area contributed by atoms with Crippen LogP contribution in [-0.4, -0.2) is 89.0 Å². The van der Waals surface area contributed by atoms with Crippen molar-refractivity contribution in [2.75, 3.05) is 19.8 Å². The monoisotopic (exact) mass is 689 g/mol. The van der Waals surface area contributed by atoms with E-state index in [0.29, 0.717) is 6.42 Å². The van der Waals surface area contributed by atoms with Gasteiger partial charge in [-0.25, -0.2) is 0 Å². The third kappa shape index (κ3) is 22.4. The van der Waals surface area contributed by atoms with Gasteiger partial charge in [-0.05, 0) is 12.8 Å². The highest BCUT2D eigenvalue weighted by Gasteiger charge is 2.44. The van der Waals surface area contributed by atoms with Crippen molar-refractivity contribution in [2.45, 2.75) is 211 Å². The van der Waals surface area contributed by atoms with Crippen LogP contribution in [0.1, 0.15) is 174 Å². The van der Waals surface area contributed by atoms with Gasteiger partial charge in [0.1, 0.15) is 31.0 Å². The van der Waals surface area contributed by atoms with E-state index in [1.165, 1.54) is 103 Å². The van der Waals surface area contributed by atoms with Crippen LogP contribution in [0.4, 0.5) is 0 Å². The minimum atomic E-state index is -1.59. The Labute approximate surface area is 291 Å². The number of esters is 2. The fraction of sp³-hybridized carbons (Fsp3) is 0.947. The maximum Gasteiger partial charge on any atom is 0.306 e. The molecule has 0 unspecified atom stereocenters. The lowest BCUT2D eigenvalue weighted by Gasteiger charge is -2.39. The molecule has 0 aromatic carbocycles. The summed E-state index contributed by atoms with van der Waals surface area (Å²) < 4.78 is 22.0. The third-order valence-corrected chi connectivity index (χ3v) is 9.24. The first-order valence-corrected chi connectivity index (χ1v) is 19.6. The van der Waals surface area contributed by atoms with Crippen molar-refractivity contribution in [1.29, 1.82) is 0 Å². The summed E-state index contributed by atoms with van der Waals surface area (Å²) in [4.78, 5) is 25.1. The van der Waals surface area contributed by atoms with Gasteiger partial charge in [0.2, 0.25) is 0 Å². The number of hydrogen-bond acceptors (Lipinski definition) is 10. The molecule has 1 aliphatic rings. The molecule has 0 amide bonds. The van der Waals surface area contributed by atoms with Crippen molar-refractivity contribution in [1.82, 2.24) is 0 Å². The molecule has 6 atom stereocenters. The summed E-state index contributed by atoms with van der Waals surface area (Å²) >= 11 is 0. The van der Waals surface area contributed by atoms with E-state index in [2.05, 4.69) is 13.8 Å². The van der Waals surface area contributed by atoms with E-state index < -0.39 is 49.4 Å². The van der Waals surface area contributed by atoms with E-state index in [1.807, 2.05) is 0 Å². The van der Waals surface area contributed by atoms with Gasteiger partial charge in [0.05, 0.1) is 13.2 Å². The molecule has 0 aromatic heterocycles. The second-order valence-corrected chi connectivity index (χ2v) is 13.8. The summed E-state index contributed by atoms with van der Waals surface area (Å²) in [6, 6.07) is 0. The molecule has 0 radical (unpaired) electrons. The van der Waals surface area contributed by atoms with Crippen molar-refractivity contribution >= 4 is 11.9 Å². The summed E-state index contributed by atoms with van der Waals surface area (Å²) in [6.45, 7) is 3.40. The number of rotatable bonds is 32. The van der Waals surface area contributed by atoms with Gasteiger partial charge in [-0.15, -0.1) is 0 Å². The van der Waals surface area contributed by atoms with E-state index in [0.717, 1.165) is 38.5 Å². The Morgan fingerprint density at radius 3 is 1.42 bits per heavy atom. The minimum Gasteiger partial charge on any atom is -0.462 e. The average molecular weight is 689 g/mol. The standard InChI is InChI=1S/C38H72O10/c1-3-5-7-9-11-13-15-17-18-20-22-24-26-33(40)45-29-31(30-46-38-37(44)36(43)35(42)32(28-39)48-38)47-34(41)27-25-23-21-19-16-14-12-10-8-6-4-2/h31-32,35-39,42-44H,3-30H2,1-2H3/t31-,32-,35+,36+,37-,38-/m1/s1. The summed E-state index contributed by atoms with van der Waals surface area (Å²) in [5, 5.41) is 39.9. The predicted octanol–water partition coefficient (Wildman–Crippen LogP) is 7.05. The smallest absolute Gasteiger partial charge is 0.306 e. The quantitative estimate of drug-likeness (QED) is 0.0427. The Kier molecular flexibility index (Phi) is 28.4. The molecule has 10 heteroatoms. The number of aliphatic hydroxyl groups is 4. The molecule has 0 bridgehead atoms. The maximum atomic E-state index is 12.7. The Morgan fingerprint density at radius 2 is 0.979 bits per heavy atom. The third-order valence-electron chi connectivity index (χ3n) is 9.24. The molecule has 284 valence electrons. The number of ether oxygens (including phenoxy) is 4. The molecule has 0 aliphatic carbocycles. The van der Waals surface area contributed by atoms with Crippen molar-refractivity contribution in [2.24, 2.45) is 0 Å². The van der Waals surface area contributed by atoms with Gasteiger partial charge < -0.3 is 39.4 Å². The largest absolute Gasteiger partial charge is 0.462 e. The second kappa shape index (κ2) is 30.5. The van der Waals surface area contributed by atoms with E-state index in [9.17, 15) is 30.0 Å². The Morgan fingerprint density at radius 1 is 0.562 bits per heavy atom. The molecular weight excluding hydrogens is 616 g/mol. The zero-order chi connectivity index (χ0) is 35.2. The first-order chi connectivity index (χ1) is 23.3. The second-order valence-electron chi connectivity index (χ2n) is 13.8. The molecule has 1 aliphatic heterocycles. The lowest BCUT2D eigenvalue weighted by molar-refractivity contribution is -0.305. The zero-order valence-electron chi connectivity index (χ0n) is 30.5. The van der Waals surface area contributed by atoms with Gasteiger partial charge in [0, 0.05) is 12.8 Å². The highest BCUT2D eigenvalue weighted by molar-refractivity contribution is 5.70. The molecule has 0 saturated carbocycles. The molecule has 1 rings (SSSR count). The van der Waals surface area contributed by atoms with Crippen LogP contribution < -0.4 is 0 Å². The van der Waals surface area contributed by atoms with Crippen LogP contribution in [0.25, 0.3) is 0 Å². The highest BCUT2D eigenvalue weighted by Crippen LogP contribution is 2.22. The van der Waals surface area contributed by atoms with Crippen molar-refractivity contribution in [3.63, 3.8) is 0 Å². The summed E-state index contributed by atoms with van der Waals surface area (Å²) in [5.74, 6) is -0.799. The number of aliphatic hydroxyl groups excluding tert-OH is 4. The number of carbonyl (C=O) groups excluding carboxylic acids is 2. The minimum absolute atomic E-state index is 0.210. The number of carbonyl (C=O) groups is 2. The van der Waals surface area contributed by atoms with Crippen LogP contribution in [-0.2, 0) is 28.5 Å². The van der Waals surface area contributed by atoms with Crippen LogP contribution in [0.2, 0.25) is 0 Å². The zero-order valence-corrected chi connectivity index (χ0v) is 30.5. The normalized spacial score (nSPS) is 21.7. The number of hydrogen-bond donors (Lipinski definition) is 4. The molecule has 1 fully saturated rings. The SMILES string of the molecule is CCCCCCCCCCCCCCC(=O)OC[C@H](CO[C@@H]1O[C@H](CO)[C@H](O)[C@H](O)[C@H]1O)OC(=O)CCCCCCCCCCCCC. The lowest BCUT2D eigenvalue weighted by Crippen LogP contribution is -2.59. The van der Waals surface area contributed by atoms with E-state index in [1.54, 1.807) is 0 Å². The van der Waals surface area contributed by atoms with E-state index in [4.69, 9.17) is 18.9 Å². The molecule has 48 heavy (non-hydrogen) atoms. The van der Waals surface area contributed by atoms with Crippen molar-refractivity contribution in [3.05, 3.63) is 0 Å². The Bertz CT molecular complexity index is 764. The van der Waals surface area contributed by atoms with Gasteiger partial charge in [-0.3, -0.25) is 9.59 Å². The van der Waals surface area contributed by atoms with E-state index in [-0.39, 0.29) is 32.0 Å². The van der Waals surface area contributed by atoms with E-state index >= 15 is 0 Å². The Hall–Kier alpha value is -1.30. The molecule has 0 spiro atoms. The van der Waals surface area contributed by atoms with Crippen molar-refractivity contribution < 1.29 is 49.0 Å². The molecule has 1 saturated heterocycles. The van der Waals surface area contributed by atoms with Crippen LogP contribution in [0.3, 0.4) is 0 Å². The predicted molar refractivity (Wildman–Crippen MR) is 187 cm³/mol. The first kappa shape index (κ1) is 44.7. The van der Waals surface area contributed by atoms with Gasteiger partial charge in [0.25, 0.3) is 0 Å². The number of unbranched alkanes of at least 4 members (excludes halogenated alkanes) is 21. The topological polar surface area (TPSA) is 152 Å². The Balaban J connectivity index is 2.39. The summed E-state index contributed by atoms with van der Waals surface area (Å²) in [6.07, 6.45) is 19.7. The van der Waals surface area contributed by atoms with Crippen LogP contribution in [0.5, 0.6) is 0 Å². The molecule has 1 heterocycles. The summed E-state index contributed by atoms with van der Waals surface area (Å²) in [7, 11) is 0. The van der Waals surface area contributed by atoms with Gasteiger partial charge >= 0.3 is 11.9 Å². The van der Waals surface area contributed by atoms with Crippen LogP contribution in [0, 0.1) is 0 Å². The first-order valence-electron chi connectivity index (χ1n) is 19.6. The van der Waals surface area contributed by atoms with Crippen LogP contribution in [0.15, 0.2) is 0 Å². The lowest BCUT2D eigenvalue weighted by atomic mass is 9.99. The van der Waals surface area contributed by atoms with Gasteiger partial charge in [0.15, 0.2) is 12.4 Å². The fourth-order valence-electron chi connectivity index (χ4n) is 6.07.